The number of rotatable bonds is 1. The number of hydrogen-bond donors (Lipinski definition) is 1. The van der Waals surface area contributed by atoms with Crippen LogP contribution < -0.4 is 5.73 Å². The van der Waals surface area contributed by atoms with Crippen molar-refractivity contribution in [3.63, 3.8) is 0 Å². The number of anilines is 1. The van der Waals surface area contributed by atoms with E-state index in [-0.39, 0.29) is 11.5 Å². The normalized spacial score (nSPS) is 26.0. The van der Waals surface area contributed by atoms with Gasteiger partial charge < -0.3 is 10.3 Å². The van der Waals surface area contributed by atoms with Gasteiger partial charge in [0.2, 0.25) is 0 Å². The van der Waals surface area contributed by atoms with Crippen LogP contribution >= 0.6 is 0 Å². The van der Waals surface area contributed by atoms with Gasteiger partial charge in [0.15, 0.2) is 9.84 Å². The predicted molar refractivity (Wildman–Crippen MR) is 75.8 cm³/mol. The van der Waals surface area contributed by atoms with Crippen molar-refractivity contribution in [3.8, 4) is 0 Å². The van der Waals surface area contributed by atoms with Crippen LogP contribution in [0.1, 0.15) is 19.2 Å². The Bertz CT molecular complexity index is 764. The third-order valence-corrected chi connectivity index (χ3v) is 5.76. The van der Waals surface area contributed by atoms with E-state index in [2.05, 4.69) is 4.98 Å². The molecular weight excluding hydrogens is 262 g/mol. The van der Waals surface area contributed by atoms with E-state index in [9.17, 15) is 8.42 Å². The third-order valence-electron chi connectivity index (χ3n) is 3.87. The molecule has 102 valence electrons. The van der Waals surface area contributed by atoms with Crippen LogP contribution in [0.5, 0.6) is 0 Å². The van der Waals surface area contributed by atoms with Crippen LogP contribution in [0, 0.1) is 6.92 Å². The van der Waals surface area contributed by atoms with Crippen LogP contribution in [0.15, 0.2) is 18.2 Å². The Morgan fingerprint density at radius 3 is 2.79 bits per heavy atom. The molecule has 2 aromatic rings. The Morgan fingerprint density at radius 1 is 1.42 bits per heavy atom. The molecule has 6 heteroatoms. The molecule has 0 aliphatic carbocycles. The van der Waals surface area contributed by atoms with Crippen molar-refractivity contribution < 1.29 is 8.42 Å². The summed E-state index contributed by atoms with van der Waals surface area (Å²) in [4.78, 5) is 4.50. The highest BCUT2D eigenvalue weighted by Crippen LogP contribution is 2.35. The molecule has 0 spiro atoms. The zero-order chi connectivity index (χ0) is 13.8. The van der Waals surface area contributed by atoms with E-state index in [1.165, 1.54) is 0 Å². The molecule has 0 radical (unpaired) electrons. The van der Waals surface area contributed by atoms with Gasteiger partial charge in [-0.25, -0.2) is 13.4 Å². The van der Waals surface area contributed by atoms with Gasteiger partial charge in [-0.2, -0.15) is 0 Å². The summed E-state index contributed by atoms with van der Waals surface area (Å²) in [6.07, 6.45) is 0.631. The maximum absolute atomic E-state index is 11.8. The fourth-order valence-electron chi connectivity index (χ4n) is 3.07. The molecule has 1 aliphatic heterocycles. The van der Waals surface area contributed by atoms with E-state index in [1.54, 1.807) is 0 Å². The van der Waals surface area contributed by atoms with E-state index < -0.39 is 15.4 Å². The molecule has 0 bridgehead atoms. The van der Waals surface area contributed by atoms with Crippen LogP contribution in [0.4, 0.5) is 5.69 Å². The maximum atomic E-state index is 11.8. The summed E-state index contributed by atoms with van der Waals surface area (Å²) < 4.78 is 25.6. The predicted octanol–water partition coefficient (Wildman–Crippen LogP) is 1.46. The van der Waals surface area contributed by atoms with Gasteiger partial charge in [0.1, 0.15) is 5.82 Å². The van der Waals surface area contributed by atoms with Gasteiger partial charge in [0.05, 0.1) is 28.1 Å². The van der Waals surface area contributed by atoms with Crippen molar-refractivity contribution in [2.24, 2.45) is 0 Å². The maximum Gasteiger partial charge on any atom is 0.152 e. The monoisotopic (exact) mass is 279 g/mol. The first-order chi connectivity index (χ1) is 8.81. The van der Waals surface area contributed by atoms with E-state index in [0.717, 1.165) is 16.9 Å². The molecular formula is C13H17N3O2S. The average molecular weight is 279 g/mol. The molecule has 0 saturated carbocycles. The molecule has 1 aliphatic rings. The van der Waals surface area contributed by atoms with Crippen LogP contribution in [0.3, 0.4) is 0 Å². The lowest BCUT2D eigenvalue weighted by Gasteiger charge is -2.26. The largest absolute Gasteiger partial charge is 0.399 e. The summed E-state index contributed by atoms with van der Waals surface area (Å²) in [7, 11) is -2.95. The van der Waals surface area contributed by atoms with Crippen LogP contribution in [-0.2, 0) is 15.4 Å². The molecule has 3 rings (SSSR count). The first kappa shape index (κ1) is 12.5. The topological polar surface area (TPSA) is 78.0 Å². The fourth-order valence-corrected chi connectivity index (χ4v) is 5.19. The lowest BCUT2D eigenvalue weighted by Crippen LogP contribution is -2.32. The summed E-state index contributed by atoms with van der Waals surface area (Å²) in [5.41, 5.74) is 7.80. The Hall–Kier alpha value is -1.56. The molecule has 0 amide bonds. The van der Waals surface area contributed by atoms with E-state index >= 15 is 0 Å². The Morgan fingerprint density at radius 2 is 2.16 bits per heavy atom. The van der Waals surface area contributed by atoms with Gasteiger partial charge in [-0.1, -0.05) is 0 Å². The standard InChI is InChI=1S/C13H17N3O2S/c1-9-15-11-7-10(14)3-4-12(11)16(9)13(2)5-6-19(17,18)8-13/h3-4,7H,5-6,8,14H2,1-2H3. The number of nitrogen functional groups attached to an aromatic ring is 1. The van der Waals surface area contributed by atoms with Crippen molar-refractivity contribution >= 4 is 26.6 Å². The SMILES string of the molecule is Cc1nc2cc(N)ccc2n1C1(C)CCS(=O)(=O)C1. The smallest absolute Gasteiger partial charge is 0.152 e. The zero-order valence-corrected chi connectivity index (χ0v) is 11.9. The summed E-state index contributed by atoms with van der Waals surface area (Å²) in [5.74, 6) is 1.26. The lowest BCUT2D eigenvalue weighted by molar-refractivity contribution is 0.368. The highest BCUT2D eigenvalue weighted by atomic mass is 32.2. The molecule has 5 nitrogen and oxygen atoms in total. The van der Waals surface area contributed by atoms with Crippen molar-refractivity contribution in [3.05, 3.63) is 24.0 Å². The second-order valence-corrected chi connectivity index (χ2v) is 7.77. The van der Waals surface area contributed by atoms with Crippen molar-refractivity contribution in [2.75, 3.05) is 17.2 Å². The first-order valence-corrected chi connectivity index (χ1v) is 8.08. The number of imidazole rings is 1. The number of sulfone groups is 1. The van der Waals surface area contributed by atoms with E-state index in [4.69, 9.17) is 5.73 Å². The lowest BCUT2D eigenvalue weighted by atomic mass is 10.0. The molecule has 2 N–H and O–H groups in total. The quantitative estimate of drug-likeness (QED) is 0.802. The van der Waals surface area contributed by atoms with Crippen LogP contribution in [0.25, 0.3) is 11.0 Å². The minimum Gasteiger partial charge on any atom is -0.399 e. The molecule has 19 heavy (non-hydrogen) atoms. The summed E-state index contributed by atoms with van der Waals surface area (Å²) >= 11 is 0. The Kier molecular flexibility index (Phi) is 2.44. The number of nitrogens with two attached hydrogens (primary N) is 1. The van der Waals surface area contributed by atoms with Crippen LogP contribution in [-0.4, -0.2) is 29.5 Å². The van der Waals surface area contributed by atoms with Gasteiger partial charge in [0, 0.05) is 5.69 Å². The molecule has 2 heterocycles. The molecule has 1 atom stereocenters. The minimum atomic E-state index is -2.95. The van der Waals surface area contributed by atoms with Crippen molar-refractivity contribution in [2.45, 2.75) is 25.8 Å². The second kappa shape index (κ2) is 3.72. The summed E-state index contributed by atoms with van der Waals surface area (Å²) in [6, 6.07) is 5.57. The van der Waals surface area contributed by atoms with E-state index in [0.29, 0.717) is 12.1 Å². The van der Waals surface area contributed by atoms with Gasteiger partial charge in [-0.05, 0) is 38.5 Å². The third kappa shape index (κ3) is 1.90. The molecule has 1 unspecified atom stereocenters. The Balaban J connectivity index is 2.23. The molecule has 1 fully saturated rings. The number of nitrogens with zero attached hydrogens (tertiary/aromatic N) is 2. The zero-order valence-electron chi connectivity index (χ0n) is 11.0. The highest BCUT2D eigenvalue weighted by Gasteiger charge is 2.41. The number of aromatic nitrogens is 2. The molecule has 1 saturated heterocycles. The number of aryl methyl sites for hydroxylation is 1. The number of fused-ring (bicyclic) bond motifs is 1. The first-order valence-electron chi connectivity index (χ1n) is 6.26. The highest BCUT2D eigenvalue weighted by molar-refractivity contribution is 7.91. The summed E-state index contributed by atoms with van der Waals surface area (Å²) in [6.45, 7) is 3.90. The number of hydrogen-bond acceptors (Lipinski definition) is 4. The fraction of sp³-hybridized carbons (Fsp3) is 0.462. The molecule has 1 aromatic carbocycles. The van der Waals surface area contributed by atoms with Gasteiger partial charge in [-0.3, -0.25) is 0 Å². The van der Waals surface area contributed by atoms with Crippen LogP contribution in [0.2, 0.25) is 0 Å². The minimum absolute atomic E-state index is 0.177. The number of benzene rings is 1. The van der Waals surface area contributed by atoms with Gasteiger partial charge >= 0.3 is 0 Å². The van der Waals surface area contributed by atoms with Gasteiger partial charge in [0.25, 0.3) is 0 Å². The summed E-state index contributed by atoms with van der Waals surface area (Å²) in [5, 5.41) is 0. The van der Waals surface area contributed by atoms with Gasteiger partial charge in [-0.15, -0.1) is 0 Å². The Labute approximate surface area is 112 Å². The van der Waals surface area contributed by atoms with E-state index in [1.807, 2.05) is 36.6 Å². The van der Waals surface area contributed by atoms with Crippen molar-refractivity contribution in [1.29, 1.82) is 0 Å². The second-order valence-electron chi connectivity index (χ2n) is 5.58. The van der Waals surface area contributed by atoms with Crippen molar-refractivity contribution in [1.82, 2.24) is 9.55 Å². The molecule has 1 aromatic heterocycles. The average Bonchev–Trinajstić information content (AvgIpc) is 2.75.